The highest BCUT2D eigenvalue weighted by molar-refractivity contribution is 7.10. The van der Waals surface area contributed by atoms with E-state index in [-0.39, 0.29) is 13.0 Å². The Morgan fingerprint density at radius 3 is 2.92 bits per heavy atom. The lowest BCUT2D eigenvalue weighted by molar-refractivity contribution is -0.136. The van der Waals surface area contributed by atoms with Gasteiger partial charge in [-0.2, -0.15) is 0 Å². The summed E-state index contributed by atoms with van der Waals surface area (Å²) in [6.45, 7) is 0.114. The van der Waals surface area contributed by atoms with Crippen LogP contribution >= 0.6 is 11.3 Å². The van der Waals surface area contributed by atoms with Gasteiger partial charge >= 0.3 is 5.97 Å². The summed E-state index contributed by atoms with van der Waals surface area (Å²) in [6, 6.07) is 1.83. The molecule has 1 rings (SSSR count). The van der Waals surface area contributed by atoms with Crippen LogP contribution in [0.25, 0.3) is 0 Å². The molecule has 0 fully saturated rings. The highest BCUT2D eigenvalue weighted by atomic mass is 32.1. The normalized spacial score (nSPS) is 10.1. The highest BCUT2D eigenvalue weighted by Crippen LogP contribution is 2.15. The molecule has 3 nitrogen and oxygen atoms in total. The van der Waals surface area contributed by atoms with Crippen molar-refractivity contribution in [3.8, 4) is 0 Å². The van der Waals surface area contributed by atoms with Crippen LogP contribution in [0.1, 0.15) is 10.4 Å². The van der Waals surface area contributed by atoms with Crippen molar-refractivity contribution in [2.75, 3.05) is 6.61 Å². The van der Waals surface area contributed by atoms with Gasteiger partial charge in [-0.1, -0.05) is 0 Å². The average Bonchev–Trinajstić information content (AvgIpc) is 2.36. The van der Waals surface area contributed by atoms with Crippen molar-refractivity contribution in [1.82, 2.24) is 0 Å². The molecule has 1 aromatic heterocycles. The van der Waals surface area contributed by atoms with Crippen molar-refractivity contribution in [3.05, 3.63) is 21.9 Å². The number of rotatable bonds is 4. The predicted octanol–water partition coefficient (Wildman–Crippen LogP) is 0.910. The van der Waals surface area contributed by atoms with Gasteiger partial charge in [-0.05, 0) is 23.4 Å². The molecule has 0 bridgehead atoms. The summed E-state index contributed by atoms with van der Waals surface area (Å²) >= 11 is 1.43. The quantitative estimate of drug-likeness (QED) is 0.734. The van der Waals surface area contributed by atoms with Crippen LogP contribution < -0.4 is 0 Å². The molecule has 0 saturated heterocycles. The van der Waals surface area contributed by atoms with E-state index in [1.165, 1.54) is 11.3 Å². The first-order chi connectivity index (χ1) is 5.72. The molecule has 4 heteroatoms. The van der Waals surface area contributed by atoms with E-state index in [1.807, 2.05) is 11.4 Å². The number of hydrogen-bond acceptors (Lipinski definition) is 3. The maximum atomic E-state index is 10.3. The van der Waals surface area contributed by atoms with Gasteiger partial charge in [0.05, 0.1) is 6.42 Å². The van der Waals surface area contributed by atoms with Crippen LogP contribution in [-0.4, -0.2) is 22.8 Å². The molecular formula is C8H10O3S. The third-order valence-corrected chi connectivity index (χ3v) is 2.42. The predicted molar refractivity (Wildman–Crippen MR) is 46.4 cm³/mol. The van der Waals surface area contributed by atoms with Gasteiger partial charge in [0.2, 0.25) is 0 Å². The van der Waals surface area contributed by atoms with E-state index < -0.39 is 5.97 Å². The lowest BCUT2D eigenvalue weighted by Crippen LogP contribution is -1.97. The monoisotopic (exact) mass is 186 g/mol. The fourth-order valence-electron chi connectivity index (χ4n) is 0.928. The molecule has 0 unspecified atom stereocenters. The molecule has 2 N–H and O–H groups in total. The Labute approximate surface area is 74.3 Å². The summed E-state index contributed by atoms with van der Waals surface area (Å²) in [5, 5.41) is 18.9. The zero-order chi connectivity index (χ0) is 8.97. The molecule has 66 valence electrons. The van der Waals surface area contributed by atoms with Crippen LogP contribution in [0.3, 0.4) is 0 Å². The van der Waals surface area contributed by atoms with Gasteiger partial charge in [0, 0.05) is 11.5 Å². The van der Waals surface area contributed by atoms with Gasteiger partial charge in [0.15, 0.2) is 0 Å². The lowest BCUT2D eigenvalue weighted by atomic mass is 10.2. The van der Waals surface area contributed by atoms with Gasteiger partial charge < -0.3 is 10.2 Å². The van der Waals surface area contributed by atoms with Crippen LogP contribution in [-0.2, 0) is 17.6 Å². The maximum absolute atomic E-state index is 10.3. The van der Waals surface area contributed by atoms with Gasteiger partial charge in [-0.15, -0.1) is 11.3 Å². The van der Waals surface area contributed by atoms with E-state index in [1.54, 1.807) is 0 Å². The summed E-state index contributed by atoms with van der Waals surface area (Å²) in [6.07, 6.45) is 0.687. The smallest absolute Gasteiger partial charge is 0.308 e. The molecule has 0 atom stereocenters. The number of aliphatic hydroxyl groups is 1. The molecule has 0 aliphatic rings. The molecule has 0 radical (unpaired) electrons. The second kappa shape index (κ2) is 4.23. The second-order valence-corrected chi connectivity index (χ2v) is 3.46. The Morgan fingerprint density at radius 1 is 1.58 bits per heavy atom. The van der Waals surface area contributed by atoms with Crippen molar-refractivity contribution in [3.63, 3.8) is 0 Å². The molecular weight excluding hydrogens is 176 g/mol. The van der Waals surface area contributed by atoms with Crippen LogP contribution in [0.15, 0.2) is 11.4 Å². The van der Waals surface area contributed by atoms with E-state index in [0.717, 1.165) is 10.4 Å². The lowest BCUT2D eigenvalue weighted by Gasteiger charge is -1.89. The summed E-state index contributed by atoms with van der Waals surface area (Å²) < 4.78 is 0. The minimum Gasteiger partial charge on any atom is -0.481 e. The Bertz CT molecular complexity index is 267. The Balaban J connectivity index is 2.58. The van der Waals surface area contributed by atoms with Crippen molar-refractivity contribution in [2.45, 2.75) is 12.8 Å². The van der Waals surface area contributed by atoms with Crippen LogP contribution in [0.2, 0.25) is 0 Å². The van der Waals surface area contributed by atoms with Gasteiger partial charge in [0.25, 0.3) is 0 Å². The molecule has 1 aromatic rings. The number of aliphatic hydroxyl groups excluding tert-OH is 1. The third kappa shape index (κ3) is 2.64. The summed E-state index contributed by atoms with van der Waals surface area (Å²) in [7, 11) is 0. The van der Waals surface area contributed by atoms with Crippen LogP contribution in [0.4, 0.5) is 0 Å². The number of thiophene rings is 1. The van der Waals surface area contributed by atoms with E-state index in [0.29, 0.717) is 6.42 Å². The third-order valence-electron chi connectivity index (χ3n) is 1.43. The van der Waals surface area contributed by atoms with Gasteiger partial charge in [-0.25, -0.2) is 0 Å². The number of carboxylic acid groups (broad SMARTS) is 1. The van der Waals surface area contributed by atoms with E-state index in [9.17, 15) is 4.79 Å². The number of carbonyl (C=O) groups is 1. The van der Waals surface area contributed by atoms with Crippen LogP contribution in [0.5, 0.6) is 0 Å². The largest absolute Gasteiger partial charge is 0.481 e. The van der Waals surface area contributed by atoms with Crippen molar-refractivity contribution in [1.29, 1.82) is 0 Å². The summed E-state index contributed by atoms with van der Waals surface area (Å²) in [5.41, 5.74) is 1.01. The second-order valence-electron chi connectivity index (χ2n) is 2.47. The average molecular weight is 186 g/mol. The van der Waals surface area contributed by atoms with Crippen molar-refractivity contribution < 1.29 is 15.0 Å². The topological polar surface area (TPSA) is 57.5 Å². The van der Waals surface area contributed by atoms with E-state index in [2.05, 4.69) is 0 Å². The molecule has 0 aromatic carbocycles. The molecule has 12 heavy (non-hydrogen) atoms. The minimum atomic E-state index is -0.813. The molecule has 0 aliphatic heterocycles. The first-order valence-corrected chi connectivity index (χ1v) is 4.49. The van der Waals surface area contributed by atoms with Crippen molar-refractivity contribution >= 4 is 17.3 Å². The van der Waals surface area contributed by atoms with Gasteiger partial charge in [-0.3, -0.25) is 4.79 Å². The summed E-state index contributed by atoms with van der Waals surface area (Å²) in [4.78, 5) is 11.1. The maximum Gasteiger partial charge on any atom is 0.308 e. The number of aliphatic carboxylic acids is 1. The molecule has 1 heterocycles. The molecule has 0 saturated carbocycles. The highest BCUT2D eigenvalue weighted by Gasteiger charge is 2.03. The molecule has 0 aliphatic carbocycles. The van der Waals surface area contributed by atoms with Crippen molar-refractivity contribution in [2.24, 2.45) is 0 Å². The zero-order valence-electron chi connectivity index (χ0n) is 6.49. The first kappa shape index (κ1) is 9.22. The standard InChI is InChI=1S/C8H10O3S/c9-2-1-6-3-7(12-5-6)4-8(10)11/h3,5,9H,1-2,4H2,(H,10,11). The number of carboxylic acids is 1. The van der Waals surface area contributed by atoms with E-state index in [4.69, 9.17) is 10.2 Å². The van der Waals surface area contributed by atoms with Gasteiger partial charge in [0.1, 0.15) is 0 Å². The summed E-state index contributed by atoms with van der Waals surface area (Å²) in [5.74, 6) is -0.813. The number of hydrogen-bond donors (Lipinski definition) is 2. The van der Waals surface area contributed by atoms with Crippen LogP contribution in [0, 0.1) is 0 Å². The molecule has 0 spiro atoms. The minimum absolute atomic E-state index is 0.0795. The fourth-order valence-corrected chi connectivity index (χ4v) is 1.84. The fraction of sp³-hybridized carbons (Fsp3) is 0.375. The Morgan fingerprint density at radius 2 is 2.33 bits per heavy atom. The Kier molecular flexibility index (Phi) is 3.25. The van der Waals surface area contributed by atoms with E-state index >= 15 is 0 Å². The molecule has 0 amide bonds. The Hall–Kier alpha value is -0.870. The zero-order valence-corrected chi connectivity index (χ0v) is 7.30. The SMILES string of the molecule is O=C(O)Cc1cc(CCO)cs1. The first-order valence-electron chi connectivity index (χ1n) is 3.61.